The Morgan fingerprint density at radius 3 is 2.58 bits per heavy atom. The lowest BCUT2D eigenvalue weighted by molar-refractivity contribution is 0.199. The summed E-state index contributed by atoms with van der Waals surface area (Å²) >= 11 is 0. The average molecular weight is 169 g/mol. The fourth-order valence-corrected chi connectivity index (χ4v) is 2.50. The maximum absolute atomic E-state index is 3.47. The highest BCUT2D eigenvalue weighted by molar-refractivity contribution is 4.82. The summed E-state index contributed by atoms with van der Waals surface area (Å²) < 4.78 is 0. The number of rotatable bonds is 3. The van der Waals surface area contributed by atoms with E-state index in [0.29, 0.717) is 0 Å². The Morgan fingerprint density at radius 1 is 1.33 bits per heavy atom. The minimum absolute atomic E-state index is 0.800. The van der Waals surface area contributed by atoms with E-state index in [0.717, 1.165) is 17.9 Å². The maximum Gasteiger partial charge on any atom is 0.00948 e. The van der Waals surface area contributed by atoms with Gasteiger partial charge in [-0.3, -0.25) is 0 Å². The summed E-state index contributed by atoms with van der Waals surface area (Å²) in [5.74, 6) is 1.84. The fraction of sp³-hybridized carbons (Fsp3) is 1.00. The molecular weight excluding hydrogens is 146 g/mol. The first-order valence-corrected chi connectivity index (χ1v) is 5.46. The van der Waals surface area contributed by atoms with Gasteiger partial charge in [-0.05, 0) is 31.7 Å². The molecule has 0 aliphatic heterocycles. The molecule has 1 saturated carbocycles. The predicted octanol–water partition coefficient (Wildman–Crippen LogP) is 2.81. The first-order chi connectivity index (χ1) is 5.79. The quantitative estimate of drug-likeness (QED) is 0.685. The van der Waals surface area contributed by atoms with Crippen molar-refractivity contribution >= 4 is 0 Å². The summed E-state index contributed by atoms with van der Waals surface area (Å²) in [4.78, 5) is 0. The molecule has 1 N–H and O–H groups in total. The molecule has 1 nitrogen and oxygen atoms in total. The Hall–Kier alpha value is -0.0400. The smallest absolute Gasteiger partial charge is 0.00948 e. The van der Waals surface area contributed by atoms with Gasteiger partial charge < -0.3 is 5.32 Å². The molecular formula is C11H23N. The third kappa shape index (κ3) is 2.22. The molecule has 12 heavy (non-hydrogen) atoms. The predicted molar refractivity (Wildman–Crippen MR) is 54.3 cm³/mol. The summed E-state index contributed by atoms with van der Waals surface area (Å²) in [7, 11) is 2.12. The molecule has 0 aromatic rings. The van der Waals surface area contributed by atoms with Crippen LogP contribution in [0.15, 0.2) is 0 Å². The van der Waals surface area contributed by atoms with Crippen molar-refractivity contribution in [3.63, 3.8) is 0 Å². The summed E-state index contributed by atoms with van der Waals surface area (Å²) in [6.45, 7) is 4.71. The van der Waals surface area contributed by atoms with Gasteiger partial charge >= 0.3 is 0 Å². The summed E-state index contributed by atoms with van der Waals surface area (Å²) in [6, 6.07) is 0.800. The Morgan fingerprint density at radius 2 is 2.00 bits per heavy atom. The van der Waals surface area contributed by atoms with Crippen LogP contribution in [0, 0.1) is 11.8 Å². The van der Waals surface area contributed by atoms with Crippen molar-refractivity contribution in [3.05, 3.63) is 0 Å². The largest absolute Gasteiger partial charge is 0.317 e. The van der Waals surface area contributed by atoms with Gasteiger partial charge in [-0.2, -0.15) is 0 Å². The van der Waals surface area contributed by atoms with E-state index in [2.05, 4.69) is 26.2 Å². The van der Waals surface area contributed by atoms with E-state index in [1.807, 2.05) is 0 Å². The summed E-state index contributed by atoms with van der Waals surface area (Å²) in [5, 5.41) is 3.47. The van der Waals surface area contributed by atoms with E-state index in [4.69, 9.17) is 0 Å². The molecule has 1 rings (SSSR count). The SMILES string of the molecule is CCC(C)C1CCCCC1NC. The molecule has 0 radical (unpaired) electrons. The molecule has 72 valence electrons. The van der Waals surface area contributed by atoms with E-state index >= 15 is 0 Å². The lowest BCUT2D eigenvalue weighted by Crippen LogP contribution is -2.39. The van der Waals surface area contributed by atoms with E-state index in [1.54, 1.807) is 0 Å². The molecule has 1 aliphatic carbocycles. The van der Waals surface area contributed by atoms with Gasteiger partial charge in [-0.15, -0.1) is 0 Å². The van der Waals surface area contributed by atoms with Crippen LogP contribution in [0.1, 0.15) is 46.0 Å². The van der Waals surface area contributed by atoms with Crippen molar-refractivity contribution in [3.8, 4) is 0 Å². The minimum Gasteiger partial charge on any atom is -0.317 e. The first-order valence-electron chi connectivity index (χ1n) is 5.46. The van der Waals surface area contributed by atoms with E-state index in [-0.39, 0.29) is 0 Å². The van der Waals surface area contributed by atoms with Gasteiger partial charge in [0.2, 0.25) is 0 Å². The molecule has 0 aromatic carbocycles. The topological polar surface area (TPSA) is 12.0 Å². The average Bonchev–Trinajstić information content (AvgIpc) is 2.16. The van der Waals surface area contributed by atoms with Gasteiger partial charge in [-0.25, -0.2) is 0 Å². The number of nitrogens with one attached hydrogen (secondary N) is 1. The van der Waals surface area contributed by atoms with Crippen LogP contribution < -0.4 is 5.32 Å². The van der Waals surface area contributed by atoms with Gasteiger partial charge in [-0.1, -0.05) is 33.1 Å². The van der Waals surface area contributed by atoms with Gasteiger partial charge in [0, 0.05) is 6.04 Å². The molecule has 0 amide bonds. The van der Waals surface area contributed by atoms with Gasteiger partial charge in [0.15, 0.2) is 0 Å². The normalized spacial score (nSPS) is 33.2. The van der Waals surface area contributed by atoms with Crippen LogP contribution in [0.5, 0.6) is 0 Å². The lowest BCUT2D eigenvalue weighted by Gasteiger charge is -2.35. The van der Waals surface area contributed by atoms with Crippen LogP contribution >= 0.6 is 0 Å². The zero-order valence-electron chi connectivity index (χ0n) is 8.77. The van der Waals surface area contributed by atoms with Crippen molar-refractivity contribution in [2.45, 2.75) is 52.0 Å². The van der Waals surface area contributed by atoms with Crippen molar-refractivity contribution in [1.82, 2.24) is 5.32 Å². The Bertz CT molecular complexity index is 122. The number of hydrogen-bond acceptors (Lipinski definition) is 1. The van der Waals surface area contributed by atoms with Gasteiger partial charge in [0.1, 0.15) is 0 Å². The van der Waals surface area contributed by atoms with E-state index in [9.17, 15) is 0 Å². The summed E-state index contributed by atoms with van der Waals surface area (Å²) in [6.07, 6.45) is 7.06. The van der Waals surface area contributed by atoms with Crippen LogP contribution in [-0.2, 0) is 0 Å². The standard InChI is InChI=1S/C11H23N/c1-4-9(2)10-7-5-6-8-11(10)12-3/h9-12H,4-8H2,1-3H3. The molecule has 0 saturated heterocycles. The Balaban J connectivity index is 2.46. The third-order valence-electron chi connectivity index (χ3n) is 3.57. The van der Waals surface area contributed by atoms with Crippen LogP contribution in [0.2, 0.25) is 0 Å². The summed E-state index contributed by atoms with van der Waals surface area (Å²) in [5.41, 5.74) is 0. The highest BCUT2D eigenvalue weighted by atomic mass is 14.9. The second-order valence-electron chi connectivity index (χ2n) is 4.23. The second kappa shape index (κ2) is 4.86. The van der Waals surface area contributed by atoms with Crippen LogP contribution in [0.25, 0.3) is 0 Å². The second-order valence-corrected chi connectivity index (χ2v) is 4.23. The van der Waals surface area contributed by atoms with Crippen LogP contribution in [0.4, 0.5) is 0 Å². The van der Waals surface area contributed by atoms with Gasteiger partial charge in [0.25, 0.3) is 0 Å². The molecule has 1 heteroatoms. The minimum atomic E-state index is 0.800. The molecule has 0 aromatic heterocycles. The van der Waals surface area contributed by atoms with Gasteiger partial charge in [0.05, 0.1) is 0 Å². The highest BCUT2D eigenvalue weighted by Crippen LogP contribution is 2.31. The van der Waals surface area contributed by atoms with Crippen molar-refractivity contribution in [2.75, 3.05) is 7.05 Å². The third-order valence-corrected chi connectivity index (χ3v) is 3.57. The maximum atomic E-state index is 3.47. The fourth-order valence-electron chi connectivity index (χ4n) is 2.50. The van der Waals surface area contributed by atoms with Crippen molar-refractivity contribution in [2.24, 2.45) is 11.8 Å². The van der Waals surface area contributed by atoms with E-state index in [1.165, 1.54) is 32.1 Å². The molecule has 0 bridgehead atoms. The highest BCUT2D eigenvalue weighted by Gasteiger charge is 2.26. The number of hydrogen-bond donors (Lipinski definition) is 1. The molecule has 0 spiro atoms. The molecule has 1 fully saturated rings. The zero-order chi connectivity index (χ0) is 8.97. The molecule has 1 aliphatic rings. The van der Waals surface area contributed by atoms with Crippen molar-refractivity contribution < 1.29 is 0 Å². The Kier molecular flexibility index (Phi) is 4.07. The molecule has 3 atom stereocenters. The zero-order valence-corrected chi connectivity index (χ0v) is 8.77. The lowest BCUT2D eigenvalue weighted by atomic mass is 9.76. The van der Waals surface area contributed by atoms with Crippen LogP contribution in [-0.4, -0.2) is 13.1 Å². The van der Waals surface area contributed by atoms with Crippen molar-refractivity contribution in [1.29, 1.82) is 0 Å². The first kappa shape index (κ1) is 10.0. The molecule has 3 unspecified atom stereocenters. The molecule has 0 heterocycles. The van der Waals surface area contributed by atoms with Crippen LogP contribution in [0.3, 0.4) is 0 Å². The Labute approximate surface area is 76.9 Å². The monoisotopic (exact) mass is 169 g/mol. The van der Waals surface area contributed by atoms with E-state index < -0.39 is 0 Å².